The van der Waals surface area contributed by atoms with Crippen molar-refractivity contribution in [3.8, 4) is 28.7 Å². The summed E-state index contributed by atoms with van der Waals surface area (Å²) in [5, 5.41) is 21.6. The summed E-state index contributed by atoms with van der Waals surface area (Å²) in [6.45, 7) is 7.12. The minimum atomic E-state index is -1.02. The van der Waals surface area contributed by atoms with Crippen LogP contribution >= 0.6 is 0 Å². The van der Waals surface area contributed by atoms with Crippen LogP contribution in [0.25, 0.3) is 32.8 Å². The number of hydrogen-bond donors (Lipinski definition) is 1. The summed E-state index contributed by atoms with van der Waals surface area (Å²) in [7, 11) is 0. The van der Waals surface area contributed by atoms with Crippen molar-refractivity contribution in [2.75, 3.05) is 31.1 Å². The molecule has 0 bridgehead atoms. The lowest BCUT2D eigenvalue weighted by atomic mass is 9.89. The third-order valence-corrected chi connectivity index (χ3v) is 8.13. The van der Waals surface area contributed by atoms with E-state index in [1.54, 1.807) is 0 Å². The average molecular weight is 580 g/mol. The van der Waals surface area contributed by atoms with Gasteiger partial charge in [-0.1, -0.05) is 30.3 Å². The quantitative estimate of drug-likeness (QED) is 0.235. The van der Waals surface area contributed by atoms with Gasteiger partial charge in [0.25, 0.3) is 0 Å². The molecular formula is C33H33N5O5. The molecule has 2 aliphatic heterocycles. The van der Waals surface area contributed by atoms with Crippen LogP contribution in [-0.4, -0.2) is 64.3 Å². The lowest BCUT2D eigenvalue weighted by Gasteiger charge is -2.40. The van der Waals surface area contributed by atoms with Crippen molar-refractivity contribution in [2.24, 2.45) is 5.41 Å². The average Bonchev–Trinajstić information content (AvgIpc) is 3.00. The van der Waals surface area contributed by atoms with Crippen molar-refractivity contribution in [3.63, 3.8) is 0 Å². The number of piperazine rings is 1. The van der Waals surface area contributed by atoms with E-state index in [0.717, 1.165) is 51.4 Å². The molecular weight excluding hydrogens is 546 g/mol. The number of nitrogens with zero attached hydrogens (tertiary/aromatic N) is 5. The van der Waals surface area contributed by atoms with Crippen LogP contribution in [-0.2, 0) is 11.2 Å². The van der Waals surface area contributed by atoms with Gasteiger partial charge < -0.3 is 24.4 Å². The van der Waals surface area contributed by atoms with E-state index in [1.165, 1.54) is 11.2 Å². The Morgan fingerprint density at radius 2 is 1.91 bits per heavy atom. The van der Waals surface area contributed by atoms with E-state index in [1.807, 2.05) is 62.1 Å². The standard InChI is InChI=1S/C33H33N5O5/c1-33(2,3)31(39)43-27-11-10-22(21-7-4-5-8-23(21)27)25-17-26-28(29-24(25)9-6-16-42-29)30(36-19-35-26)37-14-15-38(32(40)41)20(18-37)12-13-34/h4-5,7-8,10-11,17,19-20H,6,9,12,14-16,18H2,1-3H3,(H,40,41)/t20-/m0/s1. The molecule has 43 heavy (non-hydrogen) atoms. The molecule has 10 heteroatoms. The molecule has 1 aromatic heterocycles. The van der Waals surface area contributed by atoms with Gasteiger partial charge in [-0.25, -0.2) is 14.8 Å². The summed E-state index contributed by atoms with van der Waals surface area (Å²) in [5.74, 6) is 1.63. The van der Waals surface area contributed by atoms with E-state index in [9.17, 15) is 20.0 Å². The molecule has 220 valence electrons. The minimum Gasteiger partial charge on any atom is -0.492 e. The number of anilines is 1. The van der Waals surface area contributed by atoms with Crippen LogP contribution in [0.2, 0.25) is 0 Å². The highest BCUT2D eigenvalue weighted by Gasteiger charge is 2.33. The van der Waals surface area contributed by atoms with Gasteiger partial charge in [0.15, 0.2) is 0 Å². The number of carbonyl (C=O) groups is 2. The normalized spacial score (nSPS) is 16.8. The van der Waals surface area contributed by atoms with E-state index in [0.29, 0.717) is 36.8 Å². The van der Waals surface area contributed by atoms with Gasteiger partial charge >= 0.3 is 12.1 Å². The first-order chi connectivity index (χ1) is 20.7. The van der Waals surface area contributed by atoms with Crippen molar-refractivity contribution in [3.05, 3.63) is 54.4 Å². The lowest BCUT2D eigenvalue weighted by molar-refractivity contribution is -0.142. The lowest BCUT2D eigenvalue weighted by Crippen LogP contribution is -2.55. The number of carboxylic acid groups (broad SMARTS) is 1. The zero-order valence-corrected chi connectivity index (χ0v) is 24.5. The fourth-order valence-corrected chi connectivity index (χ4v) is 5.95. The summed E-state index contributed by atoms with van der Waals surface area (Å²) < 4.78 is 12.2. The number of benzene rings is 3. The summed E-state index contributed by atoms with van der Waals surface area (Å²) in [4.78, 5) is 37.2. The number of fused-ring (bicyclic) bond motifs is 4. The third kappa shape index (κ3) is 5.16. The highest BCUT2D eigenvalue weighted by atomic mass is 16.5. The topological polar surface area (TPSA) is 129 Å². The molecule has 2 aliphatic rings. The van der Waals surface area contributed by atoms with E-state index >= 15 is 0 Å². The third-order valence-electron chi connectivity index (χ3n) is 8.13. The Labute approximate surface area is 249 Å². The van der Waals surface area contributed by atoms with Crippen LogP contribution in [0.5, 0.6) is 11.5 Å². The molecule has 4 aromatic rings. The van der Waals surface area contributed by atoms with Gasteiger partial charge in [-0.05, 0) is 62.3 Å². The summed E-state index contributed by atoms with van der Waals surface area (Å²) in [5.41, 5.74) is 3.11. The molecule has 3 aromatic carbocycles. The van der Waals surface area contributed by atoms with Crippen LogP contribution in [0.4, 0.5) is 10.6 Å². The Hall–Kier alpha value is -4.91. The van der Waals surface area contributed by atoms with Crippen LogP contribution in [0.1, 0.15) is 39.2 Å². The zero-order chi connectivity index (χ0) is 30.3. The fraction of sp³-hybridized carbons (Fsp3) is 0.364. The first-order valence-corrected chi connectivity index (χ1v) is 14.5. The molecule has 0 radical (unpaired) electrons. The second-order valence-corrected chi connectivity index (χ2v) is 12.0. The number of ether oxygens (including phenoxy) is 2. The van der Waals surface area contributed by atoms with Crippen molar-refractivity contribution < 1.29 is 24.2 Å². The molecule has 1 fully saturated rings. The smallest absolute Gasteiger partial charge is 0.407 e. The van der Waals surface area contributed by atoms with E-state index in [-0.39, 0.29) is 18.9 Å². The predicted molar refractivity (Wildman–Crippen MR) is 162 cm³/mol. The Morgan fingerprint density at radius 1 is 1.12 bits per heavy atom. The van der Waals surface area contributed by atoms with Crippen molar-refractivity contribution in [1.82, 2.24) is 14.9 Å². The molecule has 1 amide bonds. The minimum absolute atomic E-state index is 0.0959. The van der Waals surface area contributed by atoms with Gasteiger partial charge in [0, 0.05) is 30.6 Å². The maximum atomic E-state index is 12.7. The molecule has 10 nitrogen and oxygen atoms in total. The second-order valence-electron chi connectivity index (χ2n) is 12.0. The molecule has 6 rings (SSSR count). The number of amides is 1. The summed E-state index contributed by atoms with van der Waals surface area (Å²) in [6.07, 6.45) is 2.25. The molecule has 0 aliphatic carbocycles. The van der Waals surface area contributed by atoms with Crippen molar-refractivity contribution in [2.45, 2.75) is 46.1 Å². The summed E-state index contributed by atoms with van der Waals surface area (Å²) >= 11 is 0. The zero-order valence-electron chi connectivity index (χ0n) is 24.5. The maximum absolute atomic E-state index is 12.7. The highest BCUT2D eigenvalue weighted by molar-refractivity contribution is 6.06. The van der Waals surface area contributed by atoms with Gasteiger partial charge in [0.2, 0.25) is 0 Å². The molecule has 0 unspecified atom stereocenters. The van der Waals surface area contributed by atoms with Crippen molar-refractivity contribution >= 4 is 39.6 Å². The number of carbonyl (C=O) groups excluding carboxylic acids is 1. The number of esters is 1. The number of rotatable bonds is 4. The Kier molecular flexibility index (Phi) is 7.26. The molecule has 1 N–H and O–H groups in total. The van der Waals surface area contributed by atoms with Gasteiger partial charge in [0.05, 0.1) is 41.5 Å². The number of hydrogen-bond acceptors (Lipinski definition) is 8. The molecule has 1 saturated heterocycles. The van der Waals surface area contributed by atoms with Crippen LogP contribution in [0.3, 0.4) is 0 Å². The molecule has 0 spiro atoms. The van der Waals surface area contributed by atoms with Crippen LogP contribution in [0.15, 0.2) is 48.8 Å². The van der Waals surface area contributed by atoms with E-state index < -0.39 is 17.6 Å². The molecule has 3 heterocycles. The fourth-order valence-electron chi connectivity index (χ4n) is 5.95. The Morgan fingerprint density at radius 3 is 2.65 bits per heavy atom. The van der Waals surface area contributed by atoms with E-state index in [4.69, 9.17) is 9.47 Å². The van der Waals surface area contributed by atoms with Gasteiger partial charge in [-0.2, -0.15) is 5.26 Å². The molecule has 0 saturated carbocycles. The molecule has 1 atom stereocenters. The van der Waals surface area contributed by atoms with E-state index in [2.05, 4.69) is 22.1 Å². The number of aromatic nitrogens is 2. The summed E-state index contributed by atoms with van der Waals surface area (Å²) in [6, 6.07) is 15.5. The number of nitriles is 1. The largest absolute Gasteiger partial charge is 0.492 e. The Balaban J connectivity index is 1.48. The van der Waals surface area contributed by atoms with Crippen molar-refractivity contribution in [1.29, 1.82) is 5.26 Å². The van der Waals surface area contributed by atoms with Gasteiger partial charge in [-0.15, -0.1) is 0 Å². The second kappa shape index (κ2) is 11.1. The highest BCUT2D eigenvalue weighted by Crippen LogP contribution is 2.46. The van der Waals surface area contributed by atoms with Gasteiger partial charge in [-0.3, -0.25) is 4.79 Å². The maximum Gasteiger partial charge on any atom is 0.407 e. The van der Waals surface area contributed by atoms with Crippen LogP contribution < -0.4 is 14.4 Å². The van der Waals surface area contributed by atoms with Gasteiger partial charge in [0.1, 0.15) is 23.6 Å². The SMILES string of the molecule is CC(C)(C)C(=O)Oc1ccc(-c2cc3ncnc(N4CCN(C(=O)O)[C@@H](CC#N)C4)c3c3c2CCCO3)c2ccccc12. The first kappa shape index (κ1) is 28.2. The van der Waals surface area contributed by atoms with Crippen LogP contribution in [0, 0.1) is 16.7 Å². The predicted octanol–water partition coefficient (Wildman–Crippen LogP) is 5.81. The Bertz CT molecular complexity index is 1790. The monoisotopic (exact) mass is 579 g/mol. The first-order valence-electron chi connectivity index (χ1n) is 14.5.